The summed E-state index contributed by atoms with van der Waals surface area (Å²) >= 11 is 0. The van der Waals surface area contributed by atoms with Gasteiger partial charge >= 0.3 is 91.0 Å². The van der Waals surface area contributed by atoms with E-state index in [1.54, 1.807) is 0 Å². The molecule has 0 fully saturated rings. The molecular formula is H6KLiO8S2. The zero-order chi connectivity index (χ0) is 9.00. The predicted octanol–water partition coefficient (Wildman–Crippen LogP) is -2.60. The van der Waals surface area contributed by atoms with Crippen LogP contribution in [0.1, 0.15) is 0 Å². The quantitative estimate of drug-likeness (QED) is 0.267. The monoisotopic (exact) mass is 244 g/mol. The van der Waals surface area contributed by atoms with Gasteiger partial charge in [0.1, 0.15) is 0 Å². The molecular weight excluding hydrogens is 238 g/mol. The molecule has 0 atom stereocenters. The zero-order valence-corrected chi connectivity index (χ0v) is 5.87. The fourth-order valence-electron chi connectivity index (χ4n) is 0. The molecule has 0 spiro atoms. The van der Waals surface area contributed by atoms with Crippen LogP contribution in [0.2, 0.25) is 0 Å². The van der Waals surface area contributed by atoms with Gasteiger partial charge in [-0.25, -0.2) is 0 Å². The number of hydrogen-bond acceptors (Lipinski definition) is 4. The van der Waals surface area contributed by atoms with Crippen molar-refractivity contribution in [3.05, 3.63) is 0 Å². The molecule has 12 heteroatoms. The van der Waals surface area contributed by atoms with E-state index in [9.17, 15) is 0 Å². The van der Waals surface area contributed by atoms with E-state index in [1.807, 2.05) is 0 Å². The fraction of sp³-hybridized carbons (Fsp3) is 0. The molecule has 0 saturated carbocycles. The van der Waals surface area contributed by atoms with Crippen molar-refractivity contribution in [1.29, 1.82) is 0 Å². The Morgan fingerprint density at radius 3 is 0.667 bits per heavy atom. The molecule has 8 nitrogen and oxygen atoms in total. The third kappa shape index (κ3) is 370. The molecule has 68 valence electrons. The molecule has 4 N–H and O–H groups in total. The van der Waals surface area contributed by atoms with E-state index in [-0.39, 0.29) is 70.2 Å². The van der Waals surface area contributed by atoms with Crippen LogP contribution < -0.4 is 0 Å². The molecule has 0 aliphatic heterocycles. The summed E-state index contributed by atoms with van der Waals surface area (Å²) in [5.74, 6) is 0. The molecule has 0 unspecified atom stereocenters. The van der Waals surface area contributed by atoms with Crippen LogP contribution >= 0.6 is 0 Å². The van der Waals surface area contributed by atoms with Crippen LogP contribution in [-0.4, -0.2) is 105 Å². The summed E-state index contributed by atoms with van der Waals surface area (Å²) < 4.78 is 63.2. The molecule has 0 bridgehead atoms. The van der Waals surface area contributed by atoms with Crippen LogP contribution in [0.4, 0.5) is 0 Å². The second-order valence-corrected chi connectivity index (χ2v) is 2.69. The Balaban J connectivity index is -0.0000000457. The molecule has 0 amide bonds. The van der Waals surface area contributed by atoms with Gasteiger partial charge in [-0.15, -0.1) is 0 Å². The number of hydrogen-bond donors (Lipinski definition) is 4. The summed E-state index contributed by atoms with van der Waals surface area (Å²) in [7, 11) is -9.33. The van der Waals surface area contributed by atoms with E-state index in [0.29, 0.717) is 0 Å². The average Bonchev–Trinajstić information content (AvgIpc) is 1.12. The Kier molecular flexibility index (Phi) is 18.8. The maximum atomic E-state index is 8.74. The van der Waals surface area contributed by atoms with E-state index >= 15 is 0 Å². The van der Waals surface area contributed by atoms with Crippen LogP contribution in [0.5, 0.6) is 0 Å². The van der Waals surface area contributed by atoms with Crippen molar-refractivity contribution >= 4 is 91.0 Å². The van der Waals surface area contributed by atoms with Gasteiger partial charge in [0.05, 0.1) is 0 Å². The van der Waals surface area contributed by atoms with Crippen LogP contribution in [0.25, 0.3) is 0 Å². The summed E-state index contributed by atoms with van der Waals surface area (Å²) in [5, 5.41) is 0. The van der Waals surface area contributed by atoms with Crippen molar-refractivity contribution in [3.8, 4) is 0 Å². The van der Waals surface area contributed by atoms with Crippen molar-refractivity contribution in [3.63, 3.8) is 0 Å². The molecule has 0 aromatic rings. The van der Waals surface area contributed by atoms with Gasteiger partial charge in [-0.3, -0.25) is 18.2 Å². The molecule has 0 radical (unpaired) electrons. The topological polar surface area (TPSA) is 149 Å². The molecule has 0 heterocycles. The molecule has 12 heavy (non-hydrogen) atoms. The molecule has 0 aliphatic rings. The van der Waals surface area contributed by atoms with E-state index < -0.39 is 20.8 Å². The molecule has 0 saturated heterocycles. The van der Waals surface area contributed by atoms with Gasteiger partial charge in [0.2, 0.25) is 0 Å². The standard InChI is InChI=1S/K.Li.2H2O4S.2H/c;;2*1-5(2,3)4;;/h;;2*(H2,1,2,3,4);;. The Hall–Kier alpha value is 1.97. The Morgan fingerprint density at radius 2 is 0.667 bits per heavy atom. The first-order valence-corrected chi connectivity index (χ1v) is 4.19. The Labute approximate surface area is 124 Å². The van der Waals surface area contributed by atoms with Crippen molar-refractivity contribution in [2.75, 3.05) is 0 Å². The molecule has 0 aromatic carbocycles. The van der Waals surface area contributed by atoms with Gasteiger partial charge in [-0.2, -0.15) is 16.8 Å². The van der Waals surface area contributed by atoms with Crippen molar-refractivity contribution in [1.82, 2.24) is 0 Å². The SMILES string of the molecule is O=S(=O)(O)O.O=S(=O)(O)O.[KH].[LiH]. The van der Waals surface area contributed by atoms with Crippen molar-refractivity contribution in [2.45, 2.75) is 0 Å². The second-order valence-electron chi connectivity index (χ2n) is 0.896. The third-order valence-corrected chi connectivity index (χ3v) is 0. The van der Waals surface area contributed by atoms with E-state index in [2.05, 4.69) is 0 Å². The summed E-state index contributed by atoms with van der Waals surface area (Å²) in [5.41, 5.74) is 0. The van der Waals surface area contributed by atoms with Crippen LogP contribution in [-0.2, 0) is 20.8 Å². The zero-order valence-electron chi connectivity index (χ0n) is 4.24. The van der Waals surface area contributed by atoms with Gasteiger partial charge in [0.25, 0.3) is 0 Å². The summed E-state index contributed by atoms with van der Waals surface area (Å²) in [6.07, 6.45) is 0. The fourth-order valence-corrected chi connectivity index (χ4v) is 0. The van der Waals surface area contributed by atoms with E-state index in [0.717, 1.165) is 0 Å². The Morgan fingerprint density at radius 1 is 0.667 bits per heavy atom. The summed E-state index contributed by atoms with van der Waals surface area (Å²) in [4.78, 5) is 0. The van der Waals surface area contributed by atoms with Gasteiger partial charge in [-0.1, -0.05) is 0 Å². The molecule has 0 rings (SSSR count). The van der Waals surface area contributed by atoms with Gasteiger partial charge in [0, 0.05) is 0 Å². The normalized spacial score (nSPS) is 9.67. The van der Waals surface area contributed by atoms with E-state index in [1.165, 1.54) is 0 Å². The van der Waals surface area contributed by atoms with Crippen molar-refractivity contribution < 1.29 is 35.0 Å². The first-order chi connectivity index (χ1) is 4.00. The van der Waals surface area contributed by atoms with Crippen LogP contribution in [0, 0.1) is 0 Å². The van der Waals surface area contributed by atoms with E-state index in [4.69, 9.17) is 35.0 Å². The Bertz CT molecular complexity index is 213. The third-order valence-electron chi connectivity index (χ3n) is 0. The predicted molar refractivity (Wildman–Crippen MR) is 42.7 cm³/mol. The molecule has 0 aliphatic carbocycles. The first kappa shape index (κ1) is 23.6. The average molecular weight is 244 g/mol. The second kappa shape index (κ2) is 9.53. The minimum atomic E-state index is -4.67. The summed E-state index contributed by atoms with van der Waals surface area (Å²) in [6, 6.07) is 0. The van der Waals surface area contributed by atoms with Crippen molar-refractivity contribution in [2.24, 2.45) is 0 Å². The number of rotatable bonds is 0. The van der Waals surface area contributed by atoms with Gasteiger partial charge in [-0.05, 0) is 0 Å². The summed E-state index contributed by atoms with van der Waals surface area (Å²) in [6.45, 7) is 0. The maximum absolute atomic E-state index is 8.74. The van der Waals surface area contributed by atoms with Gasteiger partial charge in [0.15, 0.2) is 0 Å². The van der Waals surface area contributed by atoms with Crippen LogP contribution in [0.3, 0.4) is 0 Å². The minimum absolute atomic E-state index is 0. The first-order valence-electron chi connectivity index (χ1n) is 1.40. The molecule has 0 aromatic heterocycles. The van der Waals surface area contributed by atoms with Gasteiger partial charge < -0.3 is 0 Å². The van der Waals surface area contributed by atoms with Crippen LogP contribution in [0.15, 0.2) is 0 Å².